The molecule has 1 saturated carbocycles. The van der Waals surface area contributed by atoms with E-state index in [0.717, 1.165) is 49.9 Å². The molecule has 0 saturated heterocycles. The van der Waals surface area contributed by atoms with E-state index in [4.69, 9.17) is 10.1 Å². The zero-order valence-electron chi connectivity index (χ0n) is 12.6. The fourth-order valence-corrected chi connectivity index (χ4v) is 2.18. The Balaban J connectivity index is 2.17. The van der Waals surface area contributed by atoms with Crippen LogP contribution in [0.1, 0.15) is 51.3 Å². The van der Waals surface area contributed by atoms with Crippen LogP contribution in [0.5, 0.6) is 0 Å². The number of anilines is 2. The fourth-order valence-electron chi connectivity index (χ4n) is 2.18. The second-order valence-electron chi connectivity index (χ2n) is 5.33. The summed E-state index contributed by atoms with van der Waals surface area (Å²) in [5, 5.41) is 12.4. The third kappa shape index (κ3) is 4.07. The van der Waals surface area contributed by atoms with Gasteiger partial charge in [0.05, 0.1) is 0 Å². The number of hydrogen-bond donors (Lipinski definition) is 2. The molecule has 1 aliphatic rings. The molecule has 20 heavy (non-hydrogen) atoms. The van der Waals surface area contributed by atoms with Gasteiger partial charge in [0.25, 0.3) is 0 Å². The van der Waals surface area contributed by atoms with Crippen LogP contribution in [0.4, 0.5) is 11.6 Å². The summed E-state index contributed by atoms with van der Waals surface area (Å²) in [5.41, 5.74) is 0. The van der Waals surface area contributed by atoms with E-state index in [0.29, 0.717) is 5.92 Å². The van der Waals surface area contributed by atoms with Crippen LogP contribution in [0.25, 0.3) is 0 Å². The van der Waals surface area contributed by atoms with Crippen LogP contribution in [-0.2, 0) is 0 Å². The van der Waals surface area contributed by atoms with Gasteiger partial charge in [0.1, 0.15) is 17.5 Å². The van der Waals surface area contributed by atoms with Crippen LogP contribution in [0, 0.1) is 0 Å². The average molecular weight is 278 g/mol. The zero-order valence-corrected chi connectivity index (χ0v) is 12.6. The van der Waals surface area contributed by atoms with E-state index in [1.165, 1.54) is 12.8 Å². The Kier molecular flexibility index (Phi) is 5.59. The first-order valence-electron chi connectivity index (χ1n) is 7.77. The summed E-state index contributed by atoms with van der Waals surface area (Å²) in [6.45, 7) is 7.16. The molecule has 0 radical (unpaired) electrons. The highest BCUT2D eigenvalue weighted by atomic mass is 16.3. The Morgan fingerprint density at radius 2 is 2.15 bits per heavy atom. The van der Waals surface area contributed by atoms with E-state index in [1.54, 1.807) is 0 Å². The Bertz CT molecular complexity index is 420. The number of aromatic nitrogens is 2. The van der Waals surface area contributed by atoms with Gasteiger partial charge in [-0.1, -0.05) is 6.92 Å². The van der Waals surface area contributed by atoms with Gasteiger partial charge in [-0.2, -0.15) is 0 Å². The quantitative estimate of drug-likeness (QED) is 0.726. The zero-order chi connectivity index (χ0) is 14.4. The predicted molar refractivity (Wildman–Crippen MR) is 82.4 cm³/mol. The lowest BCUT2D eigenvalue weighted by Gasteiger charge is -2.22. The number of nitrogens with zero attached hydrogens (tertiary/aromatic N) is 3. The molecule has 0 aliphatic heterocycles. The van der Waals surface area contributed by atoms with Crippen LogP contribution >= 0.6 is 0 Å². The molecule has 1 aromatic heterocycles. The summed E-state index contributed by atoms with van der Waals surface area (Å²) in [6, 6.07) is 2.03. The van der Waals surface area contributed by atoms with E-state index in [9.17, 15) is 0 Å². The van der Waals surface area contributed by atoms with Crippen molar-refractivity contribution >= 4 is 11.6 Å². The summed E-state index contributed by atoms with van der Waals surface area (Å²) in [7, 11) is 0. The highest BCUT2D eigenvalue weighted by molar-refractivity contribution is 5.50. The second-order valence-corrected chi connectivity index (χ2v) is 5.33. The SMILES string of the molecule is CCCNc1cc(N(CC)CCCO)nc(C2CC2)n1. The Labute approximate surface area is 121 Å². The molecule has 0 unspecified atom stereocenters. The maximum Gasteiger partial charge on any atom is 0.136 e. The molecule has 0 bridgehead atoms. The minimum absolute atomic E-state index is 0.220. The molecular weight excluding hydrogens is 252 g/mol. The third-order valence-corrected chi connectivity index (χ3v) is 3.52. The van der Waals surface area contributed by atoms with Crippen LogP contribution < -0.4 is 10.2 Å². The summed E-state index contributed by atoms with van der Waals surface area (Å²) in [5.74, 6) is 3.44. The van der Waals surface area contributed by atoms with Crippen LogP contribution in [0.2, 0.25) is 0 Å². The molecule has 2 N–H and O–H groups in total. The fraction of sp³-hybridized carbons (Fsp3) is 0.733. The molecule has 5 nitrogen and oxygen atoms in total. The van der Waals surface area contributed by atoms with Gasteiger partial charge in [0.15, 0.2) is 0 Å². The van der Waals surface area contributed by atoms with Crippen molar-refractivity contribution < 1.29 is 5.11 Å². The van der Waals surface area contributed by atoms with Gasteiger partial charge in [-0.3, -0.25) is 0 Å². The molecular formula is C15H26N4O. The predicted octanol–water partition coefficient (Wildman–Crippen LogP) is 2.38. The molecule has 1 heterocycles. The highest BCUT2D eigenvalue weighted by Gasteiger charge is 2.27. The van der Waals surface area contributed by atoms with Gasteiger partial charge >= 0.3 is 0 Å². The van der Waals surface area contributed by atoms with Crippen LogP contribution in [0.15, 0.2) is 6.07 Å². The first-order valence-corrected chi connectivity index (χ1v) is 7.77. The molecule has 1 aliphatic carbocycles. The summed E-state index contributed by atoms with van der Waals surface area (Å²) in [4.78, 5) is 11.6. The van der Waals surface area contributed by atoms with Crippen molar-refractivity contribution in [3.05, 3.63) is 11.9 Å². The van der Waals surface area contributed by atoms with Gasteiger partial charge in [-0.25, -0.2) is 9.97 Å². The lowest BCUT2D eigenvalue weighted by molar-refractivity contribution is 0.289. The monoisotopic (exact) mass is 278 g/mol. The molecule has 1 fully saturated rings. The average Bonchev–Trinajstić information content (AvgIpc) is 3.30. The molecule has 1 aromatic rings. The van der Waals surface area contributed by atoms with Crippen molar-refractivity contribution in [3.63, 3.8) is 0 Å². The number of rotatable bonds is 9. The number of hydrogen-bond acceptors (Lipinski definition) is 5. The van der Waals surface area contributed by atoms with Crippen molar-refractivity contribution in [1.82, 2.24) is 9.97 Å². The first kappa shape index (κ1) is 15.0. The molecule has 2 rings (SSSR count). The minimum atomic E-state index is 0.220. The number of nitrogens with one attached hydrogen (secondary N) is 1. The van der Waals surface area contributed by atoms with Gasteiger partial charge in [0, 0.05) is 38.2 Å². The minimum Gasteiger partial charge on any atom is -0.396 e. The highest BCUT2D eigenvalue weighted by Crippen LogP contribution is 2.39. The van der Waals surface area contributed by atoms with E-state index >= 15 is 0 Å². The molecule has 0 amide bonds. The molecule has 0 spiro atoms. The van der Waals surface area contributed by atoms with Crippen molar-refractivity contribution in [2.45, 2.75) is 45.4 Å². The normalized spacial score (nSPS) is 14.3. The van der Waals surface area contributed by atoms with E-state index in [2.05, 4.69) is 29.0 Å². The Morgan fingerprint density at radius 3 is 2.75 bits per heavy atom. The first-order chi connectivity index (χ1) is 9.78. The van der Waals surface area contributed by atoms with E-state index in [1.807, 2.05) is 6.07 Å². The van der Waals surface area contributed by atoms with E-state index in [-0.39, 0.29) is 6.61 Å². The summed E-state index contributed by atoms with van der Waals surface area (Å²) < 4.78 is 0. The molecule has 0 atom stereocenters. The van der Waals surface area contributed by atoms with Crippen molar-refractivity contribution in [3.8, 4) is 0 Å². The number of aliphatic hydroxyl groups is 1. The third-order valence-electron chi connectivity index (χ3n) is 3.52. The largest absolute Gasteiger partial charge is 0.396 e. The second kappa shape index (κ2) is 7.43. The number of aliphatic hydroxyl groups excluding tert-OH is 1. The van der Waals surface area contributed by atoms with Gasteiger partial charge in [-0.15, -0.1) is 0 Å². The van der Waals surface area contributed by atoms with Crippen molar-refractivity contribution in [2.24, 2.45) is 0 Å². The van der Waals surface area contributed by atoms with Crippen LogP contribution in [-0.4, -0.2) is 41.3 Å². The van der Waals surface area contributed by atoms with Gasteiger partial charge < -0.3 is 15.3 Å². The standard InChI is InChI=1S/C15H26N4O/c1-3-8-16-13-11-14(19(4-2)9-5-10-20)18-15(17-13)12-6-7-12/h11-12,20H,3-10H2,1-2H3,(H,16,17,18). The maximum absolute atomic E-state index is 9.01. The van der Waals surface area contributed by atoms with Crippen molar-refractivity contribution in [1.29, 1.82) is 0 Å². The molecule has 5 heteroatoms. The molecule has 112 valence electrons. The smallest absolute Gasteiger partial charge is 0.136 e. The van der Waals surface area contributed by atoms with Gasteiger partial charge in [-0.05, 0) is 32.6 Å². The Morgan fingerprint density at radius 1 is 1.35 bits per heavy atom. The molecule has 0 aromatic carbocycles. The lowest BCUT2D eigenvalue weighted by Crippen LogP contribution is -2.26. The summed E-state index contributed by atoms with van der Waals surface area (Å²) in [6.07, 6.45) is 4.27. The van der Waals surface area contributed by atoms with Gasteiger partial charge in [0.2, 0.25) is 0 Å². The topological polar surface area (TPSA) is 61.3 Å². The van der Waals surface area contributed by atoms with Crippen LogP contribution in [0.3, 0.4) is 0 Å². The lowest BCUT2D eigenvalue weighted by atomic mass is 10.3. The van der Waals surface area contributed by atoms with E-state index < -0.39 is 0 Å². The maximum atomic E-state index is 9.01. The van der Waals surface area contributed by atoms with Crippen molar-refractivity contribution in [2.75, 3.05) is 36.5 Å². The Hall–Kier alpha value is -1.36. The summed E-state index contributed by atoms with van der Waals surface area (Å²) >= 11 is 0.